The van der Waals surface area contributed by atoms with Crippen LogP contribution < -0.4 is 5.32 Å². The van der Waals surface area contributed by atoms with Crippen molar-refractivity contribution in [2.24, 2.45) is 0 Å². The molecule has 0 aromatic heterocycles. The number of rotatable bonds is 4. The number of halogens is 2. The van der Waals surface area contributed by atoms with E-state index >= 15 is 0 Å². The minimum absolute atomic E-state index is 0.692. The van der Waals surface area contributed by atoms with Crippen LogP contribution in [0.2, 0.25) is 10.0 Å². The topological polar surface area (TPSA) is 12.0 Å². The summed E-state index contributed by atoms with van der Waals surface area (Å²) in [5, 5.41) is 5.08. The molecule has 1 fully saturated rings. The van der Waals surface area contributed by atoms with Crippen LogP contribution in [-0.4, -0.2) is 6.04 Å². The van der Waals surface area contributed by atoms with Crippen LogP contribution >= 0.6 is 23.2 Å². The third kappa shape index (κ3) is 3.30. The van der Waals surface area contributed by atoms with Gasteiger partial charge < -0.3 is 5.32 Å². The molecule has 0 heterocycles. The molecular formula is C16H15Cl2N. The minimum atomic E-state index is 0.692. The Hall–Kier alpha value is -1.02. The zero-order valence-corrected chi connectivity index (χ0v) is 12.0. The van der Waals surface area contributed by atoms with Crippen molar-refractivity contribution in [3.63, 3.8) is 0 Å². The molecule has 19 heavy (non-hydrogen) atoms. The summed E-state index contributed by atoms with van der Waals surface area (Å²) in [5.74, 6) is 0. The van der Waals surface area contributed by atoms with Gasteiger partial charge in [0.15, 0.2) is 0 Å². The van der Waals surface area contributed by atoms with Gasteiger partial charge in [0.2, 0.25) is 0 Å². The third-order valence-corrected chi connectivity index (χ3v) is 3.87. The average molecular weight is 292 g/mol. The Kier molecular flexibility index (Phi) is 3.79. The maximum Gasteiger partial charge on any atom is 0.0409 e. The maximum absolute atomic E-state index is 6.11. The molecule has 2 aromatic rings. The van der Waals surface area contributed by atoms with E-state index in [1.54, 1.807) is 0 Å². The van der Waals surface area contributed by atoms with Gasteiger partial charge in [-0.15, -0.1) is 0 Å². The zero-order valence-electron chi connectivity index (χ0n) is 10.5. The van der Waals surface area contributed by atoms with Gasteiger partial charge in [0.1, 0.15) is 0 Å². The van der Waals surface area contributed by atoms with E-state index in [1.807, 2.05) is 36.4 Å². The normalized spacial score (nSPS) is 14.6. The Morgan fingerprint density at radius 1 is 0.947 bits per heavy atom. The van der Waals surface area contributed by atoms with Crippen molar-refractivity contribution in [2.45, 2.75) is 25.4 Å². The molecule has 2 aromatic carbocycles. The van der Waals surface area contributed by atoms with Crippen LogP contribution in [0, 0.1) is 0 Å². The quantitative estimate of drug-likeness (QED) is 0.844. The predicted molar refractivity (Wildman–Crippen MR) is 81.8 cm³/mol. The van der Waals surface area contributed by atoms with Crippen molar-refractivity contribution in [1.29, 1.82) is 0 Å². The van der Waals surface area contributed by atoms with Gasteiger partial charge in [0.25, 0.3) is 0 Å². The molecule has 1 nitrogen and oxygen atoms in total. The van der Waals surface area contributed by atoms with E-state index in [9.17, 15) is 0 Å². The van der Waals surface area contributed by atoms with Crippen molar-refractivity contribution in [3.8, 4) is 11.1 Å². The summed E-state index contributed by atoms with van der Waals surface area (Å²) in [5.41, 5.74) is 3.63. The highest BCUT2D eigenvalue weighted by atomic mass is 35.5. The lowest BCUT2D eigenvalue weighted by Crippen LogP contribution is -2.15. The Morgan fingerprint density at radius 3 is 2.32 bits per heavy atom. The highest BCUT2D eigenvalue weighted by molar-refractivity contribution is 6.31. The summed E-state index contributed by atoms with van der Waals surface area (Å²) in [4.78, 5) is 0. The standard InChI is InChI=1S/C16H15Cl2N/c17-13-3-1-11(2-4-13)16-8-5-14(18)9-12(16)10-19-15-6-7-15/h1-5,8-9,15,19H,6-7,10H2. The van der Waals surface area contributed by atoms with Gasteiger partial charge in [-0.05, 0) is 53.8 Å². The van der Waals surface area contributed by atoms with Crippen LogP contribution in [0.1, 0.15) is 18.4 Å². The first-order valence-electron chi connectivity index (χ1n) is 6.50. The van der Waals surface area contributed by atoms with Crippen LogP contribution in [0.3, 0.4) is 0 Å². The first-order valence-corrected chi connectivity index (χ1v) is 7.26. The maximum atomic E-state index is 6.11. The molecule has 0 aliphatic heterocycles. The van der Waals surface area contributed by atoms with E-state index in [-0.39, 0.29) is 0 Å². The van der Waals surface area contributed by atoms with Crippen LogP contribution in [0.15, 0.2) is 42.5 Å². The number of hydrogen-bond donors (Lipinski definition) is 1. The van der Waals surface area contributed by atoms with Gasteiger partial charge >= 0.3 is 0 Å². The van der Waals surface area contributed by atoms with Crippen LogP contribution in [-0.2, 0) is 6.54 Å². The van der Waals surface area contributed by atoms with Gasteiger partial charge in [-0.2, -0.15) is 0 Å². The highest BCUT2D eigenvalue weighted by Crippen LogP contribution is 2.28. The molecule has 1 saturated carbocycles. The van der Waals surface area contributed by atoms with Gasteiger partial charge in [0, 0.05) is 22.6 Å². The Morgan fingerprint density at radius 2 is 1.63 bits per heavy atom. The lowest BCUT2D eigenvalue weighted by molar-refractivity contribution is 0.689. The van der Waals surface area contributed by atoms with E-state index in [1.165, 1.54) is 29.5 Å². The molecule has 3 rings (SSSR count). The molecule has 1 N–H and O–H groups in total. The zero-order chi connectivity index (χ0) is 13.2. The molecule has 0 bridgehead atoms. The summed E-state index contributed by atoms with van der Waals surface area (Å²) in [6.45, 7) is 0.864. The first kappa shape index (κ1) is 13.0. The second-order valence-electron chi connectivity index (χ2n) is 4.96. The Bertz CT molecular complexity index is 574. The fraction of sp³-hybridized carbons (Fsp3) is 0.250. The van der Waals surface area contributed by atoms with E-state index in [0.717, 1.165) is 16.6 Å². The molecule has 0 saturated heterocycles. The second-order valence-corrected chi connectivity index (χ2v) is 5.84. The van der Waals surface area contributed by atoms with Gasteiger partial charge in [-0.1, -0.05) is 41.4 Å². The molecule has 0 amide bonds. The van der Waals surface area contributed by atoms with Crippen molar-refractivity contribution in [3.05, 3.63) is 58.1 Å². The number of hydrogen-bond acceptors (Lipinski definition) is 1. The largest absolute Gasteiger partial charge is 0.310 e. The lowest BCUT2D eigenvalue weighted by atomic mass is 9.99. The van der Waals surface area contributed by atoms with Gasteiger partial charge in [-0.25, -0.2) is 0 Å². The lowest BCUT2D eigenvalue weighted by Gasteiger charge is -2.11. The summed E-state index contributed by atoms with van der Waals surface area (Å²) in [7, 11) is 0. The minimum Gasteiger partial charge on any atom is -0.310 e. The van der Waals surface area contributed by atoms with Gasteiger partial charge in [-0.3, -0.25) is 0 Å². The Balaban J connectivity index is 1.91. The van der Waals surface area contributed by atoms with Crippen molar-refractivity contribution < 1.29 is 0 Å². The summed E-state index contributed by atoms with van der Waals surface area (Å²) in [6.07, 6.45) is 2.58. The van der Waals surface area contributed by atoms with E-state index in [2.05, 4.69) is 11.4 Å². The van der Waals surface area contributed by atoms with E-state index < -0.39 is 0 Å². The molecule has 0 radical (unpaired) electrons. The van der Waals surface area contributed by atoms with Crippen molar-refractivity contribution in [2.75, 3.05) is 0 Å². The fourth-order valence-electron chi connectivity index (χ4n) is 2.16. The molecule has 0 unspecified atom stereocenters. The Labute approximate surface area is 123 Å². The number of benzene rings is 2. The molecule has 1 aliphatic rings. The van der Waals surface area contributed by atoms with Gasteiger partial charge in [0.05, 0.1) is 0 Å². The summed E-state index contributed by atoms with van der Waals surface area (Å²) >= 11 is 12.1. The molecule has 1 aliphatic carbocycles. The summed E-state index contributed by atoms with van der Waals surface area (Å²) in [6, 6.07) is 14.7. The smallest absolute Gasteiger partial charge is 0.0409 e. The monoisotopic (exact) mass is 291 g/mol. The second kappa shape index (κ2) is 5.54. The van der Waals surface area contributed by atoms with Crippen LogP contribution in [0.5, 0.6) is 0 Å². The summed E-state index contributed by atoms with van der Waals surface area (Å²) < 4.78 is 0. The van der Waals surface area contributed by atoms with Crippen LogP contribution in [0.4, 0.5) is 0 Å². The van der Waals surface area contributed by atoms with Crippen LogP contribution in [0.25, 0.3) is 11.1 Å². The molecule has 3 heteroatoms. The molecule has 0 spiro atoms. The van der Waals surface area contributed by atoms with E-state index in [0.29, 0.717) is 6.04 Å². The fourth-order valence-corrected chi connectivity index (χ4v) is 2.48. The highest BCUT2D eigenvalue weighted by Gasteiger charge is 2.20. The third-order valence-electron chi connectivity index (χ3n) is 3.38. The van der Waals surface area contributed by atoms with Crippen molar-refractivity contribution in [1.82, 2.24) is 5.32 Å². The number of nitrogens with one attached hydrogen (secondary N) is 1. The SMILES string of the molecule is Clc1ccc(-c2ccc(Cl)cc2CNC2CC2)cc1. The average Bonchev–Trinajstić information content (AvgIpc) is 3.22. The predicted octanol–water partition coefficient (Wildman–Crippen LogP) is 4.91. The van der Waals surface area contributed by atoms with Crippen molar-refractivity contribution >= 4 is 23.2 Å². The molecular weight excluding hydrogens is 277 g/mol. The molecule has 0 atom stereocenters. The van der Waals surface area contributed by atoms with E-state index in [4.69, 9.17) is 23.2 Å². The first-order chi connectivity index (χ1) is 9.22. The molecule has 98 valence electrons.